The molecule has 5 nitrogen and oxygen atoms in total. The second-order valence-electron chi connectivity index (χ2n) is 5.42. The smallest absolute Gasteiger partial charge is 0.240 e. The molecular formula is C19H18N2O3S. The van der Waals surface area contributed by atoms with Crippen molar-refractivity contribution in [3.05, 3.63) is 78.5 Å². The fraction of sp³-hybridized carbons (Fsp3) is 0.105. The first kappa shape index (κ1) is 17.1. The molecule has 0 bridgehead atoms. The third-order valence-electron chi connectivity index (χ3n) is 3.75. The summed E-state index contributed by atoms with van der Waals surface area (Å²) < 4.78 is 32.5. The maximum Gasteiger partial charge on any atom is 0.240 e. The van der Waals surface area contributed by atoms with Crippen LogP contribution in [0.4, 0.5) is 0 Å². The Hall–Kier alpha value is -2.70. The molecule has 3 aromatic rings. The Morgan fingerprint density at radius 1 is 0.960 bits per heavy atom. The average molecular weight is 354 g/mol. The number of rotatable bonds is 6. The van der Waals surface area contributed by atoms with Gasteiger partial charge in [-0.1, -0.05) is 42.5 Å². The molecule has 128 valence electrons. The van der Waals surface area contributed by atoms with Crippen molar-refractivity contribution in [3.63, 3.8) is 0 Å². The molecule has 0 saturated heterocycles. The third-order valence-corrected chi connectivity index (χ3v) is 5.16. The fourth-order valence-electron chi connectivity index (χ4n) is 2.39. The first-order valence-corrected chi connectivity index (χ1v) is 9.21. The minimum Gasteiger partial charge on any atom is -0.481 e. The van der Waals surface area contributed by atoms with Crippen LogP contribution in [0.1, 0.15) is 5.56 Å². The molecule has 0 aliphatic heterocycles. The molecule has 0 radical (unpaired) electrons. The van der Waals surface area contributed by atoms with E-state index in [2.05, 4.69) is 9.71 Å². The van der Waals surface area contributed by atoms with E-state index in [-0.39, 0.29) is 11.4 Å². The summed E-state index contributed by atoms with van der Waals surface area (Å²) >= 11 is 0. The van der Waals surface area contributed by atoms with E-state index < -0.39 is 10.0 Å². The number of methoxy groups -OCH3 is 1. The number of pyridine rings is 1. The highest BCUT2D eigenvalue weighted by Crippen LogP contribution is 2.21. The second kappa shape index (κ2) is 7.46. The number of nitrogens with zero attached hydrogens (tertiary/aromatic N) is 1. The van der Waals surface area contributed by atoms with E-state index in [4.69, 9.17) is 4.74 Å². The van der Waals surface area contributed by atoms with Crippen LogP contribution in [-0.4, -0.2) is 20.5 Å². The lowest BCUT2D eigenvalue weighted by Crippen LogP contribution is -2.23. The number of aromatic nitrogens is 1. The quantitative estimate of drug-likeness (QED) is 0.738. The van der Waals surface area contributed by atoms with Gasteiger partial charge < -0.3 is 4.74 Å². The lowest BCUT2D eigenvalue weighted by Gasteiger charge is -2.09. The van der Waals surface area contributed by atoms with E-state index in [0.717, 1.165) is 16.7 Å². The van der Waals surface area contributed by atoms with Crippen molar-refractivity contribution in [1.82, 2.24) is 9.71 Å². The van der Waals surface area contributed by atoms with Crippen LogP contribution in [0.3, 0.4) is 0 Å². The summed E-state index contributed by atoms with van der Waals surface area (Å²) in [7, 11) is -2.07. The van der Waals surface area contributed by atoms with Gasteiger partial charge in [-0.25, -0.2) is 18.1 Å². The molecule has 6 heteroatoms. The molecule has 3 rings (SSSR count). The Kier molecular flexibility index (Phi) is 5.11. The van der Waals surface area contributed by atoms with E-state index in [9.17, 15) is 8.42 Å². The van der Waals surface area contributed by atoms with Gasteiger partial charge in [-0.3, -0.25) is 0 Å². The molecule has 1 aromatic heterocycles. The van der Waals surface area contributed by atoms with Crippen LogP contribution in [0, 0.1) is 0 Å². The molecule has 1 N–H and O–H groups in total. The lowest BCUT2D eigenvalue weighted by atomic mass is 10.1. The van der Waals surface area contributed by atoms with Crippen LogP contribution in [0.2, 0.25) is 0 Å². The molecule has 0 amide bonds. The molecule has 0 aliphatic carbocycles. The van der Waals surface area contributed by atoms with E-state index in [0.29, 0.717) is 5.88 Å². The van der Waals surface area contributed by atoms with Gasteiger partial charge in [0.15, 0.2) is 0 Å². The molecule has 25 heavy (non-hydrogen) atoms. The Labute approximate surface area is 147 Å². The minimum atomic E-state index is -3.59. The average Bonchev–Trinajstić information content (AvgIpc) is 2.67. The Balaban J connectivity index is 1.73. The van der Waals surface area contributed by atoms with Crippen LogP contribution in [0.15, 0.2) is 77.8 Å². The van der Waals surface area contributed by atoms with Gasteiger partial charge in [-0.05, 0) is 34.9 Å². The second-order valence-corrected chi connectivity index (χ2v) is 7.19. The molecule has 0 atom stereocenters. The van der Waals surface area contributed by atoms with E-state index in [1.54, 1.807) is 42.6 Å². The van der Waals surface area contributed by atoms with Crippen molar-refractivity contribution in [1.29, 1.82) is 0 Å². The number of hydrogen-bond donors (Lipinski definition) is 1. The lowest BCUT2D eigenvalue weighted by molar-refractivity contribution is 0.397. The molecule has 0 fully saturated rings. The van der Waals surface area contributed by atoms with Crippen molar-refractivity contribution in [2.24, 2.45) is 0 Å². The molecule has 0 spiro atoms. The molecule has 0 saturated carbocycles. The van der Waals surface area contributed by atoms with Crippen molar-refractivity contribution in [2.45, 2.75) is 11.4 Å². The zero-order chi connectivity index (χ0) is 17.7. The minimum absolute atomic E-state index is 0.168. The summed E-state index contributed by atoms with van der Waals surface area (Å²) in [5, 5.41) is 0. The van der Waals surface area contributed by atoms with Crippen molar-refractivity contribution < 1.29 is 13.2 Å². The van der Waals surface area contributed by atoms with Gasteiger partial charge >= 0.3 is 0 Å². The topological polar surface area (TPSA) is 68.3 Å². The van der Waals surface area contributed by atoms with Crippen LogP contribution in [-0.2, 0) is 16.6 Å². The molecule has 0 aliphatic rings. The van der Waals surface area contributed by atoms with E-state index in [1.165, 1.54) is 7.11 Å². The molecule has 1 heterocycles. The summed E-state index contributed by atoms with van der Waals surface area (Å²) in [5.74, 6) is 0.448. The standard InChI is InChI=1S/C19H18N2O3S/c1-24-19-13-15(11-12-20-19)14-21-25(22,23)18-9-7-17(8-10-18)16-5-3-2-4-6-16/h2-13,21H,14H2,1H3. The largest absolute Gasteiger partial charge is 0.481 e. The predicted molar refractivity (Wildman–Crippen MR) is 96.7 cm³/mol. The maximum atomic E-state index is 12.4. The Morgan fingerprint density at radius 3 is 2.32 bits per heavy atom. The number of sulfonamides is 1. The van der Waals surface area contributed by atoms with Gasteiger partial charge in [0, 0.05) is 18.8 Å². The van der Waals surface area contributed by atoms with Gasteiger partial charge in [0.25, 0.3) is 0 Å². The van der Waals surface area contributed by atoms with Crippen molar-refractivity contribution in [2.75, 3.05) is 7.11 Å². The van der Waals surface area contributed by atoms with Gasteiger partial charge in [0.2, 0.25) is 15.9 Å². The van der Waals surface area contributed by atoms with E-state index in [1.807, 2.05) is 30.3 Å². The maximum absolute atomic E-state index is 12.4. The van der Waals surface area contributed by atoms with Gasteiger partial charge in [0.05, 0.1) is 12.0 Å². The summed E-state index contributed by atoms with van der Waals surface area (Å²) in [6, 6.07) is 20.1. The molecule has 2 aromatic carbocycles. The number of benzene rings is 2. The van der Waals surface area contributed by atoms with Gasteiger partial charge in [-0.15, -0.1) is 0 Å². The van der Waals surface area contributed by atoms with Crippen LogP contribution in [0.5, 0.6) is 5.88 Å². The van der Waals surface area contributed by atoms with Crippen LogP contribution >= 0.6 is 0 Å². The van der Waals surface area contributed by atoms with Gasteiger partial charge in [-0.2, -0.15) is 0 Å². The van der Waals surface area contributed by atoms with Crippen LogP contribution in [0.25, 0.3) is 11.1 Å². The van der Waals surface area contributed by atoms with Crippen LogP contribution < -0.4 is 9.46 Å². The normalized spacial score (nSPS) is 11.2. The third kappa shape index (κ3) is 4.23. The molecular weight excluding hydrogens is 336 g/mol. The Bertz CT molecular complexity index is 940. The van der Waals surface area contributed by atoms with Gasteiger partial charge in [0.1, 0.15) is 0 Å². The first-order chi connectivity index (χ1) is 12.1. The highest BCUT2D eigenvalue weighted by atomic mass is 32.2. The molecule has 0 unspecified atom stereocenters. The predicted octanol–water partition coefficient (Wildman–Crippen LogP) is 3.24. The van der Waals surface area contributed by atoms with Crippen molar-refractivity contribution in [3.8, 4) is 17.0 Å². The zero-order valence-corrected chi connectivity index (χ0v) is 14.5. The highest BCUT2D eigenvalue weighted by molar-refractivity contribution is 7.89. The van der Waals surface area contributed by atoms with Crippen molar-refractivity contribution >= 4 is 10.0 Å². The summed E-state index contributed by atoms with van der Waals surface area (Å²) in [4.78, 5) is 4.23. The summed E-state index contributed by atoms with van der Waals surface area (Å²) in [5.41, 5.74) is 2.79. The van der Waals surface area contributed by atoms with E-state index >= 15 is 0 Å². The SMILES string of the molecule is COc1cc(CNS(=O)(=O)c2ccc(-c3ccccc3)cc2)ccn1. The summed E-state index contributed by atoms with van der Waals surface area (Å²) in [6.45, 7) is 0.168. The number of hydrogen-bond acceptors (Lipinski definition) is 4. The number of nitrogens with one attached hydrogen (secondary N) is 1. The summed E-state index contributed by atoms with van der Waals surface area (Å²) in [6.07, 6.45) is 1.58. The highest BCUT2D eigenvalue weighted by Gasteiger charge is 2.14. The Morgan fingerprint density at radius 2 is 1.64 bits per heavy atom. The zero-order valence-electron chi connectivity index (χ0n) is 13.7. The first-order valence-electron chi connectivity index (χ1n) is 7.72. The number of ether oxygens (including phenoxy) is 1. The fourth-order valence-corrected chi connectivity index (χ4v) is 3.41. The monoisotopic (exact) mass is 354 g/mol.